The summed E-state index contributed by atoms with van der Waals surface area (Å²) in [5.74, 6) is -0.760. The number of halogens is 4. The van der Waals surface area contributed by atoms with Crippen molar-refractivity contribution in [3.63, 3.8) is 0 Å². The SMILES string of the molecule is O=C1C(=O)C(Br)C(Br)C(Br)C1Br. The summed E-state index contributed by atoms with van der Waals surface area (Å²) < 4.78 is 0. The maximum Gasteiger partial charge on any atom is 0.214 e. The Bertz CT molecular complexity index is 206. The van der Waals surface area contributed by atoms with Crippen molar-refractivity contribution in [3.8, 4) is 0 Å². The topological polar surface area (TPSA) is 34.1 Å². The quantitative estimate of drug-likeness (QED) is 0.439. The minimum atomic E-state index is -0.428. The first kappa shape index (κ1) is 11.3. The van der Waals surface area contributed by atoms with Crippen LogP contribution in [0.1, 0.15) is 0 Å². The number of hydrogen-bond donors (Lipinski definition) is 0. The Morgan fingerprint density at radius 2 is 1.00 bits per heavy atom. The van der Waals surface area contributed by atoms with Crippen molar-refractivity contribution in [2.45, 2.75) is 19.3 Å². The molecule has 1 rings (SSSR count). The zero-order valence-electron chi connectivity index (χ0n) is 5.64. The monoisotopic (exact) mass is 424 g/mol. The van der Waals surface area contributed by atoms with Crippen molar-refractivity contribution in [2.24, 2.45) is 0 Å². The van der Waals surface area contributed by atoms with E-state index in [0.717, 1.165) is 0 Å². The number of rotatable bonds is 0. The number of ketones is 2. The summed E-state index contributed by atoms with van der Waals surface area (Å²) in [6, 6.07) is 0. The molecule has 0 spiro atoms. The fourth-order valence-electron chi connectivity index (χ4n) is 0.884. The molecular formula is C6H4Br4O2. The second-order valence-corrected chi connectivity index (χ2v) is 6.51. The molecule has 1 aliphatic rings. The zero-order chi connectivity index (χ0) is 9.46. The van der Waals surface area contributed by atoms with Gasteiger partial charge in [0.25, 0.3) is 0 Å². The van der Waals surface area contributed by atoms with E-state index in [0.29, 0.717) is 0 Å². The third kappa shape index (κ3) is 1.86. The molecule has 4 unspecified atom stereocenters. The molecule has 2 nitrogen and oxygen atoms in total. The van der Waals surface area contributed by atoms with Crippen LogP contribution >= 0.6 is 63.7 Å². The Hall–Kier alpha value is 1.26. The zero-order valence-corrected chi connectivity index (χ0v) is 12.0. The van der Waals surface area contributed by atoms with Gasteiger partial charge in [-0.3, -0.25) is 9.59 Å². The molecule has 0 aromatic rings. The Balaban J connectivity index is 2.91. The van der Waals surface area contributed by atoms with E-state index in [2.05, 4.69) is 63.7 Å². The lowest BCUT2D eigenvalue weighted by atomic mass is 9.97. The van der Waals surface area contributed by atoms with Crippen LogP contribution in [0.2, 0.25) is 0 Å². The molecule has 0 heterocycles. The van der Waals surface area contributed by atoms with E-state index in [-0.39, 0.29) is 21.2 Å². The molecule has 1 aliphatic carbocycles. The predicted octanol–water partition coefficient (Wildman–Crippen LogP) is 2.19. The van der Waals surface area contributed by atoms with Crippen molar-refractivity contribution in [1.29, 1.82) is 0 Å². The molecule has 0 aromatic carbocycles. The van der Waals surface area contributed by atoms with Gasteiger partial charge in [0.1, 0.15) is 0 Å². The van der Waals surface area contributed by atoms with Crippen LogP contribution in [0.15, 0.2) is 0 Å². The van der Waals surface area contributed by atoms with Crippen molar-refractivity contribution in [3.05, 3.63) is 0 Å². The largest absolute Gasteiger partial charge is 0.290 e. The highest BCUT2D eigenvalue weighted by Gasteiger charge is 2.45. The van der Waals surface area contributed by atoms with Crippen LogP contribution in [0.5, 0.6) is 0 Å². The summed E-state index contributed by atoms with van der Waals surface area (Å²) in [7, 11) is 0. The van der Waals surface area contributed by atoms with Gasteiger partial charge in [0.2, 0.25) is 11.6 Å². The van der Waals surface area contributed by atoms with Crippen LogP contribution in [-0.4, -0.2) is 30.9 Å². The normalized spacial score (nSPS) is 43.3. The second-order valence-electron chi connectivity index (χ2n) is 2.42. The van der Waals surface area contributed by atoms with Crippen LogP contribution in [0.4, 0.5) is 0 Å². The molecule has 1 saturated carbocycles. The van der Waals surface area contributed by atoms with Gasteiger partial charge in [-0.25, -0.2) is 0 Å². The van der Waals surface area contributed by atoms with E-state index in [1.54, 1.807) is 0 Å². The van der Waals surface area contributed by atoms with Crippen molar-refractivity contribution >= 4 is 75.3 Å². The van der Waals surface area contributed by atoms with Gasteiger partial charge in [-0.15, -0.1) is 0 Å². The van der Waals surface area contributed by atoms with E-state index in [1.807, 2.05) is 0 Å². The maximum absolute atomic E-state index is 11.2. The Morgan fingerprint density at radius 1 is 0.750 bits per heavy atom. The first-order chi connectivity index (χ1) is 5.46. The van der Waals surface area contributed by atoms with E-state index in [4.69, 9.17) is 0 Å². The van der Waals surface area contributed by atoms with Gasteiger partial charge in [0.05, 0.1) is 9.65 Å². The summed E-state index contributed by atoms with van der Waals surface area (Å²) >= 11 is 13.0. The lowest BCUT2D eigenvalue weighted by Gasteiger charge is -2.29. The van der Waals surface area contributed by atoms with Crippen molar-refractivity contribution in [2.75, 3.05) is 0 Å². The van der Waals surface area contributed by atoms with Gasteiger partial charge in [0, 0.05) is 9.65 Å². The van der Waals surface area contributed by atoms with Crippen molar-refractivity contribution < 1.29 is 9.59 Å². The van der Waals surface area contributed by atoms with Crippen LogP contribution in [-0.2, 0) is 9.59 Å². The van der Waals surface area contributed by atoms with Gasteiger partial charge in [-0.1, -0.05) is 63.7 Å². The smallest absolute Gasteiger partial charge is 0.214 e. The van der Waals surface area contributed by atoms with Crippen LogP contribution in [0, 0.1) is 0 Å². The molecule has 0 saturated heterocycles. The number of Topliss-reactive ketones (excluding diaryl/α,β-unsaturated/α-hetero) is 2. The van der Waals surface area contributed by atoms with Gasteiger partial charge in [-0.2, -0.15) is 0 Å². The van der Waals surface area contributed by atoms with Crippen LogP contribution in [0.25, 0.3) is 0 Å². The summed E-state index contributed by atoms with van der Waals surface area (Å²) in [5.41, 5.74) is 0. The average Bonchev–Trinajstić information content (AvgIpc) is 2.08. The minimum Gasteiger partial charge on any atom is -0.290 e. The van der Waals surface area contributed by atoms with Gasteiger partial charge in [0.15, 0.2) is 0 Å². The van der Waals surface area contributed by atoms with Gasteiger partial charge in [-0.05, 0) is 0 Å². The molecule has 0 amide bonds. The summed E-state index contributed by atoms with van der Waals surface area (Å²) in [5, 5.41) is 0. The highest BCUT2D eigenvalue weighted by molar-refractivity contribution is 9.14. The molecule has 68 valence electrons. The third-order valence-corrected chi connectivity index (χ3v) is 7.90. The highest BCUT2D eigenvalue weighted by Crippen LogP contribution is 2.34. The summed E-state index contributed by atoms with van der Waals surface area (Å²) in [4.78, 5) is 21.4. The third-order valence-electron chi connectivity index (χ3n) is 1.61. The summed E-state index contributed by atoms with van der Waals surface area (Å²) in [6.45, 7) is 0. The molecule has 0 aromatic heterocycles. The van der Waals surface area contributed by atoms with E-state index < -0.39 is 9.65 Å². The fraction of sp³-hybridized carbons (Fsp3) is 0.667. The molecule has 0 aliphatic heterocycles. The highest BCUT2D eigenvalue weighted by atomic mass is 79.9. The molecule has 0 radical (unpaired) electrons. The minimum absolute atomic E-state index is 0.0629. The fourth-order valence-corrected chi connectivity index (χ4v) is 3.90. The Labute approximate surface area is 103 Å². The molecule has 1 fully saturated rings. The first-order valence-electron chi connectivity index (χ1n) is 3.11. The molecule has 6 heteroatoms. The van der Waals surface area contributed by atoms with Gasteiger partial charge >= 0.3 is 0 Å². The predicted molar refractivity (Wildman–Crippen MR) is 60.9 cm³/mol. The lowest BCUT2D eigenvalue weighted by Crippen LogP contribution is -2.50. The van der Waals surface area contributed by atoms with E-state index >= 15 is 0 Å². The molecule has 4 atom stereocenters. The van der Waals surface area contributed by atoms with Crippen LogP contribution < -0.4 is 0 Å². The molecule has 12 heavy (non-hydrogen) atoms. The van der Waals surface area contributed by atoms with Crippen molar-refractivity contribution in [1.82, 2.24) is 0 Å². The second kappa shape index (κ2) is 4.19. The number of carbonyl (C=O) groups excluding carboxylic acids is 2. The number of hydrogen-bond acceptors (Lipinski definition) is 2. The molecule has 0 N–H and O–H groups in total. The number of alkyl halides is 4. The molecular weight excluding hydrogens is 424 g/mol. The summed E-state index contributed by atoms with van der Waals surface area (Å²) in [6.07, 6.45) is 0. The van der Waals surface area contributed by atoms with E-state index in [9.17, 15) is 9.59 Å². The Kier molecular flexibility index (Phi) is 3.96. The van der Waals surface area contributed by atoms with Crippen LogP contribution in [0.3, 0.4) is 0 Å². The molecule has 0 bridgehead atoms. The average molecular weight is 428 g/mol. The lowest BCUT2D eigenvalue weighted by molar-refractivity contribution is -0.136. The first-order valence-corrected chi connectivity index (χ1v) is 6.77. The standard InChI is InChI=1S/C6H4Br4O2/c7-1-2(8)4(10)6(12)5(11)3(1)9/h1-4H. The number of carbonyl (C=O) groups is 2. The van der Waals surface area contributed by atoms with E-state index in [1.165, 1.54) is 0 Å². The van der Waals surface area contributed by atoms with Gasteiger partial charge < -0.3 is 0 Å². The Morgan fingerprint density at radius 3 is 1.25 bits per heavy atom. The maximum atomic E-state index is 11.2.